The standard InChI is InChI=1S/C16H21FN2O4S/c1-24(21,22)19-16(20)13-7-12(10-4-5-10)15(8-14(13)17)23-11-3-2-6-18-9-11/h7-8,10-11,18H,2-6,9H2,1H3,(H,19,20). The molecule has 8 heteroatoms. The van der Waals surface area contributed by atoms with Crippen LogP contribution in [-0.2, 0) is 10.0 Å². The maximum atomic E-state index is 14.3. The van der Waals surface area contributed by atoms with Gasteiger partial charge in [0.15, 0.2) is 0 Å². The second kappa shape index (κ2) is 6.68. The Morgan fingerprint density at radius 3 is 2.67 bits per heavy atom. The van der Waals surface area contributed by atoms with Gasteiger partial charge >= 0.3 is 0 Å². The van der Waals surface area contributed by atoms with E-state index in [0.29, 0.717) is 12.3 Å². The molecule has 132 valence electrons. The van der Waals surface area contributed by atoms with Crippen LogP contribution in [0.3, 0.4) is 0 Å². The first-order chi connectivity index (χ1) is 11.3. The summed E-state index contributed by atoms with van der Waals surface area (Å²) < 4.78 is 44.5. The highest BCUT2D eigenvalue weighted by Gasteiger charge is 2.30. The molecule has 6 nitrogen and oxygen atoms in total. The number of benzene rings is 1. The van der Waals surface area contributed by atoms with E-state index in [1.54, 1.807) is 4.72 Å². The van der Waals surface area contributed by atoms with Gasteiger partial charge in [0, 0.05) is 12.6 Å². The van der Waals surface area contributed by atoms with Gasteiger partial charge in [-0.2, -0.15) is 0 Å². The van der Waals surface area contributed by atoms with E-state index in [0.717, 1.165) is 44.0 Å². The van der Waals surface area contributed by atoms with Gasteiger partial charge in [-0.25, -0.2) is 17.5 Å². The molecule has 1 atom stereocenters. The molecule has 1 saturated carbocycles. The maximum Gasteiger partial charge on any atom is 0.267 e. The average Bonchev–Trinajstić information content (AvgIpc) is 3.31. The Bertz CT molecular complexity index is 741. The molecule has 0 radical (unpaired) electrons. The molecule has 24 heavy (non-hydrogen) atoms. The Kier molecular flexibility index (Phi) is 4.78. The predicted molar refractivity (Wildman–Crippen MR) is 87.2 cm³/mol. The number of hydrogen-bond donors (Lipinski definition) is 2. The molecule has 1 aliphatic carbocycles. The van der Waals surface area contributed by atoms with Crippen LogP contribution in [0, 0.1) is 5.82 Å². The molecule has 2 N–H and O–H groups in total. The highest BCUT2D eigenvalue weighted by Crippen LogP contribution is 2.45. The molecular formula is C16H21FN2O4S. The van der Waals surface area contributed by atoms with Crippen LogP contribution in [0.4, 0.5) is 4.39 Å². The highest BCUT2D eigenvalue weighted by molar-refractivity contribution is 7.89. The number of nitrogens with one attached hydrogen (secondary N) is 2. The Balaban J connectivity index is 1.87. The lowest BCUT2D eigenvalue weighted by atomic mass is 10.0. The van der Waals surface area contributed by atoms with Crippen LogP contribution < -0.4 is 14.8 Å². The number of halogens is 1. The van der Waals surface area contributed by atoms with E-state index < -0.39 is 21.7 Å². The van der Waals surface area contributed by atoms with Crippen LogP contribution in [0.25, 0.3) is 0 Å². The minimum absolute atomic E-state index is 0.0219. The number of ether oxygens (including phenoxy) is 1. The monoisotopic (exact) mass is 356 g/mol. The van der Waals surface area contributed by atoms with Crippen molar-refractivity contribution in [2.75, 3.05) is 19.3 Å². The first kappa shape index (κ1) is 17.2. The Morgan fingerprint density at radius 2 is 2.08 bits per heavy atom. The van der Waals surface area contributed by atoms with E-state index >= 15 is 0 Å². The molecule has 1 aromatic carbocycles. The minimum atomic E-state index is -3.74. The van der Waals surface area contributed by atoms with Crippen LogP contribution in [0.15, 0.2) is 12.1 Å². The summed E-state index contributed by atoms with van der Waals surface area (Å²) in [5, 5.41) is 3.24. The molecular weight excluding hydrogens is 335 g/mol. The van der Waals surface area contributed by atoms with Gasteiger partial charge in [-0.3, -0.25) is 4.79 Å². The van der Waals surface area contributed by atoms with E-state index in [-0.39, 0.29) is 17.6 Å². The molecule has 2 fully saturated rings. The van der Waals surface area contributed by atoms with E-state index in [9.17, 15) is 17.6 Å². The van der Waals surface area contributed by atoms with Gasteiger partial charge in [0.2, 0.25) is 10.0 Å². The molecule has 0 spiro atoms. The summed E-state index contributed by atoms with van der Waals surface area (Å²) in [6, 6.07) is 2.64. The third kappa shape index (κ3) is 4.24. The van der Waals surface area contributed by atoms with E-state index in [2.05, 4.69) is 5.32 Å². The lowest BCUT2D eigenvalue weighted by Gasteiger charge is -2.25. The van der Waals surface area contributed by atoms with Crippen molar-refractivity contribution in [1.82, 2.24) is 10.0 Å². The first-order valence-electron chi connectivity index (χ1n) is 8.06. The number of amides is 1. The number of hydrogen-bond acceptors (Lipinski definition) is 5. The predicted octanol–water partition coefficient (Wildman–Crippen LogP) is 1.52. The fourth-order valence-electron chi connectivity index (χ4n) is 2.88. The molecule has 1 amide bonds. The van der Waals surface area contributed by atoms with Gasteiger partial charge in [-0.15, -0.1) is 0 Å². The van der Waals surface area contributed by atoms with Crippen molar-refractivity contribution in [2.45, 2.75) is 37.7 Å². The number of piperidine rings is 1. The van der Waals surface area contributed by atoms with Crippen molar-refractivity contribution < 1.29 is 22.3 Å². The van der Waals surface area contributed by atoms with E-state index in [4.69, 9.17) is 4.74 Å². The average molecular weight is 356 g/mol. The van der Waals surface area contributed by atoms with Gasteiger partial charge in [0.25, 0.3) is 5.91 Å². The zero-order valence-corrected chi connectivity index (χ0v) is 14.3. The molecule has 1 unspecified atom stereocenters. The zero-order valence-electron chi connectivity index (χ0n) is 13.5. The summed E-state index contributed by atoms with van der Waals surface area (Å²) in [5.41, 5.74) is 0.511. The Morgan fingerprint density at radius 1 is 1.33 bits per heavy atom. The molecule has 3 rings (SSSR count). The van der Waals surface area contributed by atoms with Crippen LogP contribution in [0.2, 0.25) is 0 Å². The molecule has 2 aliphatic rings. The number of carbonyl (C=O) groups excluding carboxylic acids is 1. The third-order valence-corrected chi connectivity index (χ3v) is 4.74. The lowest BCUT2D eigenvalue weighted by molar-refractivity contribution is 0.0977. The topological polar surface area (TPSA) is 84.5 Å². The second-order valence-electron chi connectivity index (χ2n) is 6.43. The summed E-state index contributed by atoms with van der Waals surface area (Å²) in [6.07, 6.45) is 4.65. The van der Waals surface area contributed by atoms with Gasteiger partial charge in [-0.05, 0) is 49.8 Å². The maximum absolute atomic E-state index is 14.3. The quantitative estimate of drug-likeness (QED) is 0.836. The van der Waals surface area contributed by atoms with Gasteiger partial charge < -0.3 is 10.1 Å². The molecule has 0 aromatic heterocycles. The van der Waals surface area contributed by atoms with Gasteiger partial charge in [-0.1, -0.05) is 0 Å². The van der Waals surface area contributed by atoms with Gasteiger partial charge in [0.05, 0.1) is 11.8 Å². The van der Waals surface area contributed by atoms with E-state index in [1.807, 2.05) is 0 Å². The van der Waals surface area contributed by atoms with Crippen molar-refractivity contribution >= 4 is 15.9 Å². The van der Waals surface area contributed by atoms with Crippen molar-refractivity contribution in [3.8, 4) is 5.75 Å². The van der Waals surface area contributed by atoms with Crippen LogP contribution in [0.5, 0.6) is 5.75 Å². The van der Waals surface area contributed by atoms with E-state index in [1.165, 1.54) is 12.1 Å². The van der Waals surface area contributed by atoms with Crippen molar-refractivity contribution in [3.05, 3.63) is 29.1 Å². The van der Waals surface area contributed by atoms with Crippen LogP contribution >= 0.6 is 0 Å². The fraction of sp³-hybridized carbons (Fsp3) is 0.562. The third-order valence-electron chi connectivity index (χ3n) is 4.18. The minimum Gasteiger partial charge on any atom is -0.489 e. The number of sulfonamides is 1. The summed E-state index contributed by atoms with van der Waals surface area (Å²) in [6.45, 7) is 1.66. The SMILES string of the molecule is CS(=O)(=O)NC(=O)c1cc(C2CC2)c(OC2CCCNC2)cc1F. The fourth-order valence-corrected chi connectivity index (χ4v) is 3.33. The number of rotatable bonds is 5. The Hall–Kier alpha value is -1.67. The number of carbonyl (C=O) groups is 1. The van der Waals surface area contributed by atoms with Crippen molar-refractivity contribution in [2.24, 2.45) is 0 Å². The highest BCUT2D eigenvalue weighted by atomic mass is 32.2. The van der Waals surface area contributed by atoms with Crippen LogP contribution in [0.1, 0.15) is 47.5 Å². The Labute approximate surface area is 140 Å². The summed E-state index contributed by atoms with van der Waals surface area (Å²) in [7, 11) is -3.74. The summed E-state index contributed by atoms with van der Waals surface area (Å²) in [4.78, 5) is 12.0. The zero-order chi connectivity index (χ0) is 17.3. The largest absolute Gasteiger partial charge is 0.489 e. The molecule has 1 aliphatic heterocycles. The molecule has 0 bridgehead atoms. The normalized spacial score (nSPS) is 21.3. The summed E-state index contributed by atoms with van der Waals surface area (Å²) in [5.74, 6) is -1.04. The molecule has 1 heterocycles. The van der Waals surface area contributed by atoms with Crippen molar-refractivity contribution in [1.29, 1.82) is 0 Å². The van der Waals surface area contributed by atoms with Crippen molar-refractivity contribution in [3.63, 3.8) is 0 Å². The smallest absolute Gasteiger partial charge is 0.267 e. The first-order valence-corrected chi connectivity index (χ1v) is 9.95. The second-order valence-corrected chi connectivity index (χ2v) is 8.18. The lowest BCUT2D eigenvalue weighted by Crippen LogP contribution is -2.37. The molecule has 1 saturated heterocycles. The van der Waals surface area contributed by atoms with Gasteiger partial charge in [0.1, 0.15) is 17.7 Å². The molecule has 1 aromatic rings. The van der Waals surface area contributed by atoms with Crippen LogP contribution in [-0.4, -0.2) is 39.8 Å². The summed E-state index contributed by atoms with van der Waals surface area (Å²) >= 11 is 0.